The summed E-state index contributed by atoms with van der Waals surface area (Å²) in [4.78, 5) is 12.0. The van der Waals surface area contributed by atoms with Crippen LogP contribution in [0.4, 0.5) is 0 Å². The molecule has 9 heteroatoms. The van der Waals surface area contributed by atoms with Crippen molar-refractivity contribution >= 4 is 50.7 Å². The number of rotatable bonds is 6. The second kappa shape index (κ2) is 8.38. The summed E-state index contributed by atoms with van der Waals surface area (Å²) < 4.78 is 27.1. The zero-order valence-electron chi connectivity index (χ0n) is 13.1. The molecular formula is C16H15Cl3N2O3S. The van der Waals surface area contributed by atoms with E-state index in [0.29, 0.717) is 5.02 Å². The SMILES string of the molecule is CC(NS(=O)(=O)c1cc(Cl)ccc1Cl)C(=O)NCc1ccccc1Cl. The molecule has 0 heterocycles. The Morgan fingerprint density at radius 2 is 1.76 bits per heavy atom. The summed E-state index contributed by atoms with van der Waals surface area (Å²) >= 11 is 17.7. The molecule has 0 aliphatic rings. The highest BCUT2D eigenvalue weighted by atomic mass is 35.5. The van der Waals surface area contributed by atoms with Crippen LogP contribution >= 0.6 is 34.8 Å². The highest BCUT2D eigenvalue weighted by Gasteiger charge is 2.24. The van der Waals surface area contributed by atoms with E-state index >= 15 is 0 Å². The molecular weight excluding hydrogens is 407 g/mol. The van der Waals surface area contributed by atoms with E-state index in [0.717, 1.165) is 5.56 Å². The zero-order valence-corrected chi connectivity index (χ0v) is 16.2. The fourth-order valence-corrected chi connectivity index (χ4v) is 4.18. The maximum atomic E-state index is 12.4. The van der Waals surface area contributed by atoms with Gasteiger partial charge < -0.3 is 5.32 Å². The third-order valence-corrected chi connectivity index (χ3v) is 5.94. The van der Waals surface area contributed by atoms with Crippen molar-refractivity contribution in [2.24, 2.45) is 0 Å². The summed E-state index contributed by atoms with van der Waals surface area (Å²) in [5, 5.41) is 3.38. The molecule has 2 N–H and O–H groups in total. The molecule has 1 atom stereocenters. The van der Waals surface area contributed by atoms with Crippen LogP contribution in [0.25, 0.3) is 0 Å². The van der Waals surface area contributed by atoms with E-state index in [1.54, 1.807) is 24.3 Å². The van der Waals surface area contributed by atoms with Crippen LogP contribution in [0, 0.1) is 0 Å². The standard InChI is InChI=1S/C16H15Cl3N2O3S/c1-10(16(22)20-9-11-4-2-3-5-13(11)18)21-25(23,24)15-8-12(17)6-7-14(15)19/h2-8,10,21H,9H2,1H3,(H,20,22). The first-order valence-electron chi connectivity index (χ1n) is 7.19. The Morgan fingerprint density at radius 3 is 2.44 bits per heavy atom. The number of halogens is 3. The lowest BCUT2D eigenvalue weighted by Gasteiger charge is -2.15. The highest BCUT2D eigenvalue weighted by Crippen LogP contribution is 2.25. The van der Waals surface area contributed by atoms with Crippen molar-refractivity contribution in [3.05, 3.63) is 63.1 Å². The van der Waals surface area contributed by atoms with Crippen LogP contribution in [-0.2, 0) is 21.4 Å². The van der Waals surface area contributed by atoms with Crippen LogP contribution in [0.15, 0.2) is 47.4 Å². The number of nitrogens with one attached hydrogen (secondary N) is 2. The smallest absolute Gasteiger partial charge is 0.242 e. The first kappa shape index (κ1) is 20.0. The minimum atomic E-state index is -4.00. The zero-order chi connectivity index (χ0) is 18.6. The summed E-state index contributed by atoms with van der Waals surface area (Å²) in [5.74, 6) is -0.498. The number of carbonyl (C=O) groups excluding carboxylic acids is 1. The van der Waals surface area contributed by atoms with Gasteiger partial charge >= 0.3 is 0 Å². The lowest BCUT2D eigenvalue weighted by molar-refractivity contribution is -0.122. The van der Waals surface area contributed by atoms with Crippen molar-refractivity contribution in [2.45, 2.75) is 24.4 Å². The molecule has 0 bridgehead atoms. The van der Waals surface area contributed by atoms with Crippen molar-refractivity contribution < 1.29 is 13.2 Å². The van der Waals surface area contributed by atoms with Crippen molar-refractivity contribution in [1.29, 1.82) is 0 Å². The summed E-state index contributed by atoms with van der Waals surface area (Å²) in [6.45, 7) is 1.61. The maximum absolute atomic E-state index is 12.4. The summed E-state index contributed by atoms with van der Waals surface area (Å²) in [6.07, 6.45) is 0. The molecule has 2 aromatic carbocycles. The molecule has 0 aliphatic heterocycles. The van der Waals surface area contributed by atoms with E-state index in [1.807, 2.05) is 0 Å². The molecule has 25 heavy (non-hydrogen) atoms. The maximum Gasteiger partial charge on any atom is 0.242 e. The molecule has 5 nitrogen and oxygen atoms in total. The Hall–Kier alpha value is -1.31. The molecule has 2 rings (SSSR count). The van der Waals surface area contributed by atoms with Crippen molar-refractivity contribution in [2.75, 3.05) is 0 Å². The van der Waals surface area contributed by atoms with Crippen molar-refractivity contribution in [3.8, 4) is 0 Å². The summed E-state index contributed by atoms with van der Waals surface area (Å²) in [7, 11) is -4.00. The van der Waals surface area contributed by atoms with Gasteiger partial charge in [0.05, 0.1) is 11.1 Å². The third-order valence-electron chi connectivity index (χ3n) is 3.32. The average molecular weight is 422 g/mol. The van der Waals surface area contributed by atoms with Gasteiger partial charge in [0.25, 0.3) is 0 Å². The molecule has 0 aliphatic carbocycles. The Kier molecular flexibility index (Phi) is 6.71. The molecule has 0 radical (unpaired) electrons. The fourth-order valence-electron chi connectivity index (χ4n) is 2.01. The molecule has 0 aromatic heterocycles. The third kappa shape index (κ3) is 5.33. The Balaban J connectivity index is 2.05. The molecule has 1 unspecified atom stereocenters. The predicted octanol–water partition coefficient (Wildman–Crippen LogP) is 3.63. The van der Waals surface area contributed by atoms with Gasteiger partial charge in [-0.15, -0.1) is 0 Å². The number of amides is 1. The molecule has 0 spiro atoms. The molecule has 2 aromatic rings. The van der Waals surface area contributed by atoms with E-state index in [1.165, 1.54) is 25.1 Å². The van der Waals surface area contributed by atoms with Crippen molar-refractivity contribution in [3.63, 3.8) is 0 Å². The molecule has 0 fully saturated rings. The minimum Gasteiger partial charge on any atom is -0.351 e. The van der Waals surface area contributed by atoms with Gasteiger partial charge in [0, 0.05) is 16.6 Å². The van der Waals surface area contributed by atoms with Gasteiger partial charge in [-0.1, -0.05) is 53.0 Å². The minimum absolute atomic E-state index is 0.0144. The van der Waals surface area contributed by atoms with Crippen LogP contribution in [0.2, 0.25) is 15.1 Å². The van der Waals surface area contributed by atoms with Gasteiger partial charge in [-0.3, -0.25) is 4.79 Å². The van der Waals surface area contributed by atoms with Crippen LogP contribution in [0.1, 0.15) is 12.5 Å². The lowest BCUT2D eigenvalue weighted by Crippen LogP contribution is -2.44. The van der Waals surface area contributed by atoms with E-state index in [9.17, 15) is 13.2 Å². The Labute approximate surface area is 161 Å². The number of sulfonamides is 1. The van der Waals surface area contributed by atoms with Crippen LogP contribution < -0.4 is 10.0 Å². The van der Waals surface area contributed by atoms with E-state index in [4.69, 9.17) is 34.8 Å². The second-order valence-corrected chi connectivity index (χ2v) is 8.16. The molecule has 134 valence electrons. The first-order valence-corrected chi connectivity index (χ1v) is 9.81. The summed E-state index contributed by atoms with van der Waals surface area (Å²) in [5.41, 5.74) is 0.727. The number of carbonyl (C=O) groups is 1. The van der Waals surface area contributed by atoms with E-state index in [2.05, 4.69) is 10.0 Å². The second-order valence-electron chi connectivity index (χ2n) is 5.23. The van der Waals surface area contributed by atoms with Crippen LogP contribution in [0.3, 0.4) is 0 Å². The van der Waals surface area contributed by atoms with Gasteiger partial charge in [-0.25, -0.2) is 8.42 Å². The van der Waals surface area contributed by atoms with E-state index < -0.39 is 22.0 Å². The highest BCUT2D eigenvalue weighted by molar-refractivity contribution is 7.89. The lowest BCUT2D eigenvalue weighted by atomic mass is 10.2. The van der Waals surface area contributed by atoms with Crippen LogP contribution in [-0.4, -0.2) is 20.4 Å². The molecule has 0 saturated heterocycles. The quantitative estimate of drug-likeness (QED) is 0.748. The largest absolute Gasteiger partial charge is 0.351 e. The van der Waals surface area contributed by atoms with Gasteiger partial charge in [-0.05, 0) is 36.8 Å². The van der Waals surface area contributed by atoms with Gasteiger partial charge in [-0.2, -0.15) is 4.72 Å². The Bertz CT molecular complexity index is 888. The Morgan fingerprint density at radius 1 is 1.08 bits per heavy atom. The number of benzene rings is 2. The predicted molar refractivity (Wildman–Crippen MR) is 99.5 cm³/mol. The van der Waals surface area contributed by atoms with Crippen LogP contribution in [0.5, 0.6) is 0 Å². The normalized spacial score (nSPS) is 12.6. The van der Waals surface area contributed by atoms with Gasteiger partial charge in [0.15, 0.2) is 0 Å². The topological polar surface area (TPSA) is 75.3 Å². The van der Waals surface area contributed by atoms with Crippen molar-refractivity contribution in [1.82, 2.24) is 10.0 Å². The average Bonchev–Trinajstić information content (AvgIpc) is 2.55. The number of hydrogen-bond acceptors (Lipinski definition) is 3. The van der Waals surface area contributed by atoms with E-state index in [-0.39, 0.29) is 21.5 Å². The molecule has 1 amide bonds. The fraction of sp³-hybridized carbons (Fsp3) is 0.188. The summed E-state index contributed by atoms with van der Waals surface area (Å²) in [6, 6.07) is 10.1. The molecule has 0 saturated carbocycles. The monoisotopic (exact) mass is 420 g/mol. The van der Waals surface area contributed by atoms with Gasteiger partial charge in [0.1, 0.15) is 4.90 Å². The number of hydrogen-bond donors (Lipinski definition) is 2. The first-order chi connectivity index (χ1) is 11.7. The van der Waals surface area contributed by atoms with Gasteiger partial charge in [0.2, 0.25) is 15.9 Å².